The van der Waals surface area contributed by atoms with Crippen LogP contribution in [0, 0.1) is 5.92 Å². The van der Waals surface area contributed by atoms with Crippen molar-refractivity contribution in [1.82, 2.24) is 0 Å². The number of halogens is 1. The van der Waals surface area contributed by atoms with Gasteiger partial charge in [-0.1, -0.05) is 28.8 Å². The molecule has 2 saturated carbocycles. The Balaban J connectivity index is 1.56. The second-order valence-electron chi connectivity index (χ2n) is 4.72. The minimum atomic E-state index is 0.217. The SMILES string of the molecule is COCCOC1C(Br)CC1OCCC1CC1. The third kappa shape index (κ3) is 3.69. The molecule has 3 atom stereocenters. The Labute approximate surface area is 106 Å². The van der Waals surface area contributed by atoms with Gasteiger partial charge in [-0.3, -0.25) is 0 Å². The van der Waals surface area contributed by atoms with Gasteiger partial charge in [0.1, 0.15) is 0 Å². The molecule has 0 aliphatic heterocycles. The van der Waals surface area contributed by atoms with Crippen LogP contribution in [0.2, 0.25) is 0 Å². The molecule has 0 amide bonds. The Morgan fingerprint density at radius 3 is 2.56 bits per heavy atom. The Hall–Kier alpha value is 0.360. The maximum atomic E-state index is 5.85. The van der Waals surface area contributed by atoms with Crippen LogP contribution in [0.4, 0.5) is 0 Å². The van der Waals surface area contributed by atoms with Gasteiger partial charge in [-0.2, -0.15) is 0 Å². The van der Waals surface area contributed by atoms with Gasteiger partial charge in [0.15, 0.2) is 0 Å². The van der Waals surface area contributed by atoms with Crippen LogP contribution in [0.3, 0.4) is 0 Å². The largest absolute Gasteiger partial charge is 0.382 e. The monoisotopic (exact) mass is 292 g/mol. The molecule has 0 saturated heterocycles. The summed E-state index contributed by atoms with van der Waals surface area (Å²) in [5.41, 5.74) is 0. The average molecular weight is 293 g/mol. The first-order chi connectivity index (χ1) is 7.81. The number of ether oxygens (including phenoxy) is 3. The molecule has 2 rings (SSSR count). The zero-order valence-electron chi connectivity index (χ0n) is 9.86. The van der Waals surface area contributed by atoms with Gasteiger partial charge in [0.05, 0.1) is 25.4 Å². The summed E-state index contributed by atoms with van der Waals surface area (Å²) in [5, 5.41) is 0. The molecule has 94 valence electrons. The topological polar surface area (TPSA) is 27.7 Å². The van der Waals surface area contributed by atoms with Gasteiger partial charge in [0.2, 0.25) is 0 Å². The van der Waals surface area contributed by atoms with Crippen LogP contribution in [0.15, 0.2) is 0 Å². The fourth-order valence-electron chi connectivity index (χ4n) is 1.96. The van der Waals surface area contributed by atoms with E-state index < -0.39 is 0 Å². The minimum absolute atomic E-state index is 0.217. The van der Waals surface area contributed by atoms with Crippen molar-refractivity contribution in [2.75, 3.05) is 26.9 Å². The van der Waals surface area contributed by atoms with Crippen LogP contribution in [0.25, 0.3) is 0 Å². The molecule has 3 unspecified atom stereocenters. The van der Waals surface area contributed by atoms with E-state index in [0.717, 1.165) is 18.9 Å². The quantitative estimate of drug-likeness (QED) is 0.508. The Morgan fingerprint density at radius 1 is 1.12 bits per heavy atom. The number of hydrogen-bond acceptors (Lipinski definition) is 3. The molecule has 3 nitrogen and oxygen atoms in total. The summed E-state index contributed by atoms with van der Waals surface area (Å²) in [4.78, 5) is 0.454. The summed E-state index contributed by atoms with van der Waals surface area (Å²) < 4.78 is 16.5. The highest BCUT2D eigenvalue weighted by atomic mass is 79.9. The Morgan fingerprint density at radius 2 is 1.94 bits per heavy atom. The maximum Gasteiger partial charge on any atom is 0.0963 e. The maximum absolute atomic E-state index is 5.85. The van der Waals surface area contributed by atoms with Gasteiger partial charge in [-0.25, -0.2) is 0 Å². The van der Waals surface area contributed by atoms with Gasteiger partial charge >= 0.3 is 0 Å². The molecule has 0 N–H and O–H groups in total. The first-order valence-corrected chi connectivity index (χ1v) is 7.09. The molecular weight excluding hydrogens is 272 g/mol. The molecule has 0 aromatic rings. The second-order valence-corrected chi connectivity index (χ2v) is 5.90. The molecular formula is C12H21BrO3. The van der Waals surface area contributed by atoms with Crippen LogP contribution in [-0.4, -0.2) is 44.0 Å². The lowest BCUT2D eigenvalue weighted by atomic mass is 9.91. The van der Waals surface area contributed by atoms with Crippen molar-refractivity contribution in [2.24, 2.45) is 5.92 Å². The van der Waals surface area contributed by atoms with Gasteiger partial charge in [0.25, 0.3) is 0 Å². The number of methoxy groups -OCH3 is 1. The first kappa shape index (κ1) is 12.8. The molecule has 0 radical (unpaired) electrons. The van der Waals surface area contributed by atoms with Crippen molar-refractivity contribution >= 4 is 15.9 Å². The predicted octanol–water partition coefficient (Wildman–Crippen LogP) is 2.37. The van der Waals surface area contributed by atoms with Crippen molar-refractivity contribution in [3.8, 4) is 0 Å². The molecule has 0 aromatic carbocycles. The second kappa shape index (κ2) is 6.34. The lowest BCUT2D eigenvalue weighted by Crippen LogP contribution is -2.51. The fourth-order valence-corrected chi connectivity index (χ4v) is 2.82. The van der Waals surface area contributed by atoms with Gasteiger partial charge < -0.3 is 14.2 Å². The minimum Gasteiger partial charge on any atom is -0.382 e. The van der Waals surface area contributed by atoms with Gasteiger partial charge in [0, 0.05) is 18.5 Å². The third-order valence-corrected chi connectivity index (χ3v) is 4.23. The number of rotatable bonds is 8. The summed E-state index contributed by atoms with van der Waals surface area (Å²) in [6, 6.07) is 0. The van der Waals surface area contributed by atoms with E-state index in [1.165, 1.54) is 19.3 Å². The van der Waals surface area contributed by atoms with Crippen molar-refractivity contribution in [3.63, 3.8) is 0 Å². The van der Waals surface area contributed by atoms with E-state index >= 15 is 0 Å². The number of hydrogen-bond donors (Lipinski definition) is 0. The van der Waals surface area contributed by atoms with E-state index in [-0.39, 0.29) is 6.10 Å². The van der Waals surface area contributed by atoms with E-state index in [1.54, 1.807) is 7.11 Å². The van der Waals surface area contributed by atoms with E-state index in [2.05, 4.69) is 15.9 Å². The van der Waals surface area contributed by atoms with Crippen molar-refractivity contribution in [3.05, 3.63) is 0 Å². The third-order valence-electron chi connectivity index (χ3n) is 3.33. The van der Waals surface area contributed by atoms with Crippen LogP contribution in [-0.2, 0) is 14.2 Å². The van der Waals surface area contributed by atoms with E-state index in [0.29, 0.717) is 24.1 Å². The normalized spacial score (nSPS) is 33.8. The average Bonchev–Trinajstić information content (AvgIpc) is 3.07. The van der Waals surface area contributed by atoms with Gasteiger partial charge in [-0.05, 0) is 18.8 Å². The Bertz CT molecular complexity index is 208. The zero-order valence-corrected chi connectivity index (χ0v) is 11.4. The zero-order chi connectivity index (χ0) is 11.4. The molecule has 2 aliphatic carbocycles. The molecule has 0 bridgehead atoms. The molecule has 2 aliphatic rings. The summed E-state index contributed by atoms with van der Waals surface area (Å²) in [6.07, 6.45) is 5.62. The lowest BCUT2D eigenvalue weighted by Gasteiger charge is -2.40. The molecule has 0 heterocycles. The molecule has 16 heavy (non-hydrogen) atoms. The Kier molecular flexibility index (Phi) is 5.07. The van der Waals surface area contributed by atoms with E-state index in [9.17, 15) is 0 Å². The summed E-state index contributed by atoms with van der Waals surface area (Å²) >= 11 is 3.61. The first-order valence-electron chi connectivity index (χ1n) is 6.17. The highest BCUT2D eigenvalue weighted by molar-refractivity contribution is 9.09. The number of alkyl halides is 1. The van der Waals surface area contributed by atoms with Crippen LogP contribution >= 0.6 is 15.9 Å². The smallest absolute Gasteiger partial charge is 0.0963 e. The van der Waals surface area contributed by atoms with Crippen LogP contribution in [0.5, 0.6) is 0 Å². The van der Waals surface area contributed by atoms with Gasteiger partial charge in [-0.15, -0.1) is 0 Å². The fraction of sp³-hybridized carbons (Fsp3) is 1.00. The van der Waals surface area contributed by atoms with Crippen molar-refractivity contribution < 1.29 is 14.2 Å². The molecule has 0 spiro atoms. The summed E-state index contributed by atoms with van der Waals surface area (Å²) in [5.74, 6) is 0.952. The summed E-state index contributed by atoms with van der Waals surface area (Å²) in [6.45, 7) is 2.22. The highest BCUT2D eigenvalue weighted by Gasteiger charge is 2.41. The van der Waals surface area contributed by atoms with Crippen molar-refractivity contribution in [1.29, 1.82) is 0 Å². The van der Waals surface area contributed by atoms with E-state index in [1.807, 2.05) is 0 Å². The van der Waals surface area contributed by atoms with Crippen LogP contribution in [0.1, 0.15) is 25.7 Å². The lowest BCUT2D eigenvalue weighted by molar-refractivity contribution is -0.127. The standard InChI is InChI=1S/C12H21BrO3/c1-14-6-7-16-12-10(13)8-11(12)15-5-4-9-2-3-9/h9-12H,2-8H2,1H3. The molecule has 0 aromatic heterocycles. The predicted molar refractivity (Wildman–Crippen MR) is 66.0 cm³/mol. The van der Waals surface area contributed by atoms with Crippen molar-refractivity contribution in [2.45, 2.75) is 42.7 Å². The van der Waals surface area contributed by atoms with E-state index in [4.69, 9.17) is 14.2 Å². The van der Waals surface area contributed by atoms with Crippen LogP contribution < -0.4 is 0 Å². The molecule has 2 fully saturated rings. The molecule has 4 heteroatoms. The summed E-state index contributed by atoms with van der Waals surface area (Å²) in [7, 11) is 1.69. The highest BCUT2D eigenvalue weighted by Crippen LogP contribution is 2.35.